The average Bonchev–Trinajstić information content (AvgIpc) is 3.02. The third-order valence-corrected chi connectivity index (χ3v) is 3.62. The molecule has 1 aromatic carbocycles. The number of carbonyl (C=O) groups is 2. The predicted octanol–water partition coefficient (Wildman–Crippen LogP) is 1.35. The molecule has 2 aromatic rings. The van der Waals surface area contributed by atoms with Gasteiger partial charge in [-0.15, -0.1) is 0 Å². The zero-order chi connectivity index (χ0) is 16.4. The number of halogens is 1. The number of amides is 2. The molecular weight excluding hydrogens is 305 g/mol. The number of nitrogens with one attached hydrogen (secondary N) is 1. The monoisotopic (exact) mass is 319 g/mol. The van der Waals surface area contributed by atoms with Crippen LogP contribution >= 0.6 is 0 Å². The van der Waals surface area contributed by atoms with Crippen LogP contribution in [0.1, 0.15) is 11.6 Å². The zero-order valence-electron chi connectivity index (χ0n) is 12.2. The first-order valence-electron chi connectivity index (χ1n) is 6.90. The molecule has 7 nitrogen and oxygen atoms in total. The minimum atomic E-state index is -0.990. The Kier molecular flexibility index (Phi) is 4.07. The Hall–Kier alpha value is -2.74. The molecule has 1 saturated heterocycles. The molecule has 2 atom stereocenters. The van der Waals surface area contributed by atoms with Crippen molar-refractivity contribution in [3.63, 3.8) is 0 Å². The number of morpholine rings is 1. The van der Waals surface area contributed by atoms with Gasteiger partial charge in [-0.2, -0.15) is 0 Å². The molecule has 0 spiro atoms. The Morgan fingerprint density at radius 1 is 1.43 bits per heavy atom. The fourth-order valence-corrected chi connectivity index (χ4v) is 2.49. The maximum atomic E-state index is 13.5. The number of rotatable bonds is 3. The summed E-state index contributed by atoms with van der Waals surface area (Å²) in [6, 6.07) is 6.47. The van der Waals surface area contributed by atoms with Gasteiger partial charge in [-0.1, -0.05) is 17.3 Å². The first-order chi connectivity index (χ1) is 11.1. The number of hydrogen-bond acceptors (Lipinski definition) is 5. The van der Waals surface area contributed by atoms with E-state index in [1.165, 1.54) is 35.4 Å². The summed E-state index contributed by atoms with van der Waals surface area (Å²) in [7, 11) is 1.55. The van der Waals surface area contributed by atoms with E-state index in [0.717, 1.165) is 0 Å². The molecule has 120 valence electrons. The van der Waals surface area contributed by atoms with Crippen LogP contribution in [0.25, 0.3) is 0 Å². The second-order valence-corrected chi connectivity index (χ2v) is 5.11. The summed E-state index contributed by atoms with van der Waals surface area (Å²) in [5, 5.41) is 6.13. The molecule has 3 rings (SSSR count). The van der Waals surface area contributed by atoms with E-state index in [9.17, 15) is 14.0 Å². The number of anilines is 1. The van der Waals surface area contributed by atoms with E-state index in [-0.39, 0.29) is 18.3 Å². The van der Waals surface area contributed by atoms with Gasteiger partial charge in [-0.3, -0.25) is 9.59 Å². The molecule has 1 aliphatic heterocycles. The van der Waals surface area contributed by atoms with Crippen molar-refractivity contribution in [2.75, 3.05) is 19.0 Å². The van der Waals surface area contributed by atoms with Gasteiger partial charge < -0.3 is 19.5 Å². The summed E-state index contributed by atoms with van der Waals surface area (Å²) in [4.78, 5) is 25.7. The lowest BCUT2D eigenvalue weighted by molar-refractivity contribution is -0.160. The van der Waals surface area contributed by atoms with Crippen LogP contribution in [0.4, 0.5) is 10.2 Å². The first kappa shape index (κ1) is 15.2. The average molecular weight is 319 g/mol. The highest BCUT2D eigenvalue weighted by atomic mass is 19.1. The second kappa shape index (κ2) is 6.17. The number of benzene rings is 1. The maximum absolute atomic E-state index is 13.5. The molecule has 0 unspecified atom stereocenters. The standard InChI is InChI=1S/C15H14FN3O4/c1-19-12(20)8-22-14(15(21)17-11-5-6-23-18-11)13(19)9-3-2-4-10(16)7-9/h2-7,13-14H,8H2,1H3,(H,17,18,21)/t13-,14+/m1/s1. The Labute approximate surface area is 131 Å². The van der Waals surface area contributed by atoms with Crippen LogP contribution in [-0.4, -0.2) is 41.6 Å². The third-order valence-electron chi connectivity index (χ3n) is 3.62. The van der Waals surface area contributed by atoms with Crippen LogP contribution in [0.3, 0.4) is 0 Å². The van der Waals surface area contributed by atoms with E-state index in [1.54, 1.807) is 13.1 Å². The van der Waals surface area contributed by atoms with Gasteiger partial charge in [0.05, 0.1) is 6.04 Å². The molecule has 1 N–H and O–H groups in total. The fraction of sp³-hybridized carbons (Fsp3) is 0.267. The lowest BCUT2D eigenvalue weighted by Crippen LogP contribution is -2.51. The summed E-state index contributed by atoms with van der Waals surface area (Å²) < 4.78 is 23.6. The topological polar surface area (TPSA) is 84.7 Å². The molecule has 8 heteroatoms. The van der Waals surface area contributed by atoms with Crippen molar-refractivity contribution >= 4 is 17.6 Å². The molecular formula is C15H14FN3O4. The maximum Gasteiger partial charge on any atom is 0.257 e. The first-order valence-corrected chi connectivity index (χ1v) is 6.90. The highest BCUT2D eigenvalue weighted by Crippen LogP contribution is 2.30. The summed E-state index contributed by atoms with van der Waals surface area (Å²) >= 11 is 0. The quantitative estimate of drug-likeness (QED) is 0.923. The molecule has 0 saturated carbocycles. The number of carbonyl (C=O) groups excluding carboxylic acids is 2. The van der Waals surface area contributed by atoms with Crippen LogP contribution in [0, 0.1) is 5.82 Å². The largest absolute Gasteiger partial charge is 0.363 e. The minimum absolute atomic E-state index is 0.223. The molecule has 1 aromatic heterocycles. The number of likely N-dealkylation sites (N-methyl/N-ethyl adjacent to an activating group) is 1. The van der Waals surface area contributed by atoms with Crippen molar-refractivity contribution in [1.29, 1.82) is 0 Å². The lowest BCUT2D eigenvalue weighted by atomic mass is 9.97. The Morgan fingerprint density at radius 3 is 2.96 bits per heavy atom. The van der Waals surface area contributed by atoms with Crippen molar-refractivity contribution in [2.45, 2.75) is 12.1 Å². The van der Waals surface area contributed by atoms with Crippen LogP contribution < -0.4 is 5.32 Å². The fourth-order valence-electron chi connectivity index (χ4n) is 2.49. The summed E-state index contributed by atoms with van der Waals surface area (Å²) in [6.45, 7) is -0.223. The highest BCUT2D eigenvalue weighted by Gasteiger charge is 2.40. The SMILES string of the molecule is CN1C(=O)CO[C@H](C(=O)Nc2ccon2)[C@H]1c1cccc(F)c1. The van der Waals surface area contributed by atoms with Crippen LogP contribution in [0.15, 0.2) is 41.1 Å². The number of ether oxygens (including phenoxy) is 1. The van der Waals surface area contributed by atoms with Crippen molar-refractivity contribution < 1.29 is 23.2 Å². The molecule has 0 radical (unpaired) electrons. The van der Waals surface area contributed by atoms with Crippen LogP contribution in [0.2, 0.25) is 0 Å². The number of nitrogens with zero attached hydrogens (tertiary/aromatic N) is 2. The Balaban J connectivity index is 1.89. The molecule has 23 heavy (non-hydrogen) atoms. The van der Waals surface area contributed by atoms with E-state index >= 15 is 0 Å². The predicted molar refractivity (Wildman–Crippen MR) is 76.8 cm³/mol. The third kappa shape index (κ3) is 3.07. The van der Waals surface area contributed by atoms with E-state index in [1.807, 2.05) is 0 Å². The molecule has 2 amide bonds. The van der Waals surface area contributed by atoms with Crippen molar-refractivity contribution in [1.82, 2.24) is 10.1 Å². The van der Waals surface area contributed by atoms with Gasteiger partial charge in [0.2, 0.25) is 5.91 Å². The van der Waals surface area contributed by atoms with Gasteiger partial charge in [0.15, 0.2) is 11.9 Å². The second-order valence-electron chi connectivity index (χ2n) is 5.11. The van der Waals surface area contributed by atoms with E-state index < -0.39 is 23.9 Å². The molecule has 0 aliphatic carbocycles. The Morgan fingerprint density at radius 2 is 2.26 bits per heavy atom. The Bertz CT molecular complexity index is 719. The molecule has 0 bridgehead atoms. The van der Waals surface area contributed by atoms with Crippen LogP contribution in [-0.2, 0) is 14.3 Å². The van der Waals surface area contributed by atoms with E-state index in [2.05, 4.69) is 15.0 Å². The van der Waals surface area contributed by atoms with Gasteiger partial charge in [-0.25, -0.2) is 4.39 Å². The molecule has 1 fully saturated rings. The molecule has 2 heterocycles. The lowest BCUT2D eigenvalue weighted by Gasteiger charge is -2.38. The van der Waals surface area contributed by atoms with Crippen molar-refractivity contribution in [3.8, 4) is 0 Å². The van der Waals surface area contributed by atoms with Gasteiger partial charge >= 0.3 is 0 Å². The zero-order valence-corrected chi connectivity index (χ0v) is 12.2. The molecule has 1 aliphatic rings. The smallest absolute Gasteiger partial charge is 0.257 e. The van der Waals surface area contributed by atoms with Gasteiger partial charge in [0, 0.05) is 13.1 Å². The van der Waals surface area contributed by atoms with Gasteiger partial charge in [-0.05, 0) is 17.7 Å². The summed E-state index contributed by atoms with van der Waals surface area (Å²) in [5.41, 5.74) is 0.473. The van der Waals surface area contributed by atoms with Crippen LogP contribution in [0.5, 0.6) is 0 Å². The van der Waals surface area contributed by atoms with E-state index in [0.29, 0.717) is 5.56 Å². The van der Waals surface area contributed by atoms with Gasteiger partial charge in [0.25, 0.3) is 5.91 Å². The minimum Gasteiger partial charge on any atom is -0.363 e. The van der Waals surface area contributed by atoms with Crippen molar-refractivity contribution in [2.24, 2.45) is 0 Å². The normalized spacial score (nSPS) is 21.3. The van der Waals surface area contributed by atoms with Gasteiger partial charge in [0.1, 0.15) is 18.7 Å². The number of aromatic nitrogens is 1. The highest BCUT2D eigenvalue weighted by molar-refractivity contribution is 5.95. The van der Waals surface area contributed by atoms with E-state index in [4.69, 9.17) is 4.74 Å². The summed E-state index contributed by atoms with van der Waals surface area (Å²) in [6.07, 6.45) is 0.327. The number of hydrogen-bond donors (Lipinski definition) is 1. The van der Waals surface area contributed by atoms with Crippen molar-refractivity contribution in [3.05, 3.63) is 48.0 Å². The summed E-state index contributed by atoms with van der Waals surface area (Å²) in [5.74, 6) is -1.00.